The first-order chi connectivity index (χ1) is 29.6. The van der Waals surface area contributed by atoms with Crippen LogP contribution in [0.4, 0.5) is 17.1 Å². The molecule has 0 atom stereocenters. The predicted octanol–water partition coefficient (Wildman–Crippen LogP) is 15.2. The molecular formula is C56H39N3O. The fourth-order valence-corrected chi connectivity index (χ4v) is 9.99. The summed E-state index contributed by atoms with van der Waals surface area (Å²) in [5.41, 5.74) is 16.3. The standard InChI is InChI=1S/C56H39N3O/c1-56(2)46-30-14-11-23-38(46)42-28-18-34-50(52(42)56)59(49-33-16-12-25-40(49)44-29-17-31-47-54(44)60-55(57-47)36-19-5-3-6-20-36)51-35-45-41-26-13-15-32-48(41)58(37-21-7-4-8-22-37)53(45)43-27-10-9-24-39(43)51/h3-35H,1-2H3. The Morgan fingerprint density at radius 1 is 0.483 bits per heavy atom. The van der Waals surface area contributed by atoms with Crippen LogP contribution in [0.5, 0.6) is 0 Å². The van der Waals surface area contributed by atoms with Gasteiger partial charge in [0.15, 0.2) is 5.58 Å². The summed E-state index contributed by atoms with van der Waals surface area (Å²) in [6.07, 6.45) is 0. The molecule has 1 aliphatic carbocycles. The van der Waals surface area contributed by atoms with Crippen LogP contribution in [0.2, 0.25) is 0 Å². The molecule has 2 heterocycles. The molecule has 1 aliphatic rings. The highest BCUT2D eigenvalue weighted by Crippen LogP contribution is 2.56. The minimum absolute atomic E-state index is 0.269. The summed E-state index contributed by atoms with van der Waals surface area (Å²) in [4.78, 5) is 7.53. The lowest BCUT2D eigenvalue weighted by Gasteiger charge is -2.34. The van der Waals surface area contributed by atoms with Gasteiger partial charge >= 0.3 is 0 Å². The summed E-state index contributed by atoms with van der Waals surface area (Å²) in [6, 6.07) is 71.9. The Kier molecular flexibility index (Phi) is 7.54. The maximum absolute atomic E-state index is 6.72. The van der Waals surface area contributed by atoms with E-state index in [0.29, 0.717) is 5.89 Å². The summed E-state index contributed by atoms with van der Waals surface area (Å²) in [5, 5.41) is 4.76. The average Bonchev–Trinajstić information content (AvgIpc) is 3.97. The average molecular weight is 770 g/mol. The van der Waals surface area contributed by atoms with E-state index in [-0.39, 0.29) is 5.41 Å². The summed E-state index contributed by atoms with van der Waals surface area (Å²) < 4.78 is 9.16. The third kappa shape index (κ3) is 5.01. The molecule has 0 amide bonds. The van der Waals surface area contributed by atoms with Crippen molar-refractivity contribution < 1.29 is 4.42 Å². The van der Waals surface area contributed by atoms with Gasteiger partial charge in [0.2, 0.25) is 5.89 Å². The van der Waals surface area contributed by atoms with Crippen LogP contribution in [0, 0.1) is 0 Å². The van der Waals surface area contributed by atoms with Crippen LogP contribution in [0.3, 0.4) is 0 Å². The molecule has 60 heavy (non-hydrogen) atoms. The molecule has 0 fully saturated rings. The van der Waals surface area contributed by atoms with Crippen LogP contribution in [-0.4, -0.2) is 9.55 Å². The van der Waals surface area contributed by atoms with Crippen molar-refractivity contribution in [2.45, 2.75) is 19.3 Å². The van der Waals surface area contributed by atoms with E-state index in [1.807, 2.05) is 36.4 Å². The molecule has 0 spiro atoms. The zero-order valence-corrected chi connectivity index (χ0v) is 33.3. The molecule has 2 aromatic heterocycles. The second-order valence-electron chi connectivity index (χ2n) is 16.3. The number of rotatable bonds is 6. The molecule has 284 valence electrons. The van der Waals surface area contributed by atoms with E-state index < -0.39 is 0 Å². The van der Waals surface area contributed by atoms with Crippen molar-refractivity contribution >= 4 is 60.7 Å². The van der Waals surface area contributed by atoms with Crippen molar-refractivity contribution in [1.82, 2.24) is 9.55 Å². The normalized spacial score (nSPS) is 13.0. The molecule has 0 saturated carbocycles. The van der Waals surface area contributed by atoms with Crippen molar-refractivity contribution in [3.8, 4) is 39.4 Å². The molecule has 0 unspecified atom stereocenters. The molecule has 0 bridgehead atoms. The lowest BCUT2D eigenvalue weighted by atomic mass is 9.81. The first kappa shape index (κ1) is 34.4. The fraction of sp³-hybridized carbons (Fsp3) is 0.0536. The Bertz CT molecular complexity index is 3470. The van der Waals surface area contributed by atoms with Gasteiger partial charge in [-0.2, -0.15) is 0 Å². The Morgan fingerprint density at radius 2 is 1.10 bits per heavy atom. The second-order valence-corrected chi connectivity index (χ2v) is 16.3. The SMILES string of the molecule is CC1(C)c2ccccc2-c2cccc(N(c3ccccc3-c3cccc4nc(-c5ccccc5)oc34)c3cc4c5ccccc5n(-c5ccccc5)c4c4ccccc34)c21. The van der Waals surface area contributed by atoms with Crippen LogP contribution in [0.1, 0.15) is 25.0 Å². The maximum Gasteiger partial charge on any atom is 0.227 e. The second kappa shape index (κ2) is 13.2. The van der Waals surface area contributed by atoms with Crippen LogP contribution in [-0.2, 0) is 5.41 Å². The van der Waals surface area contributed by atoms with E-state index in [1.165, 1.54) is 49.4 Å². The molecule has 4 heteroatoms. The largest absolute Gasteiger partial charge is 0.435 e. The van der Waals surface area contributed by atoms with E-state index in [0.717, 1.165) is 55.9 Å². The highest BCUT2D eigenvalue weighted by molar-refractivity contribution is 6.23. The molecule has 12 rings (SSSR count). The van der Waals surface area contributed by atoms with Crippen molar-refractivity contribution in [2.24, 2.45) is 0 Å². The van der Waals surface area contributed by atoms with Crippen molar-refractivity contribution in [2.75, 3.05) is 4.90 Å². The van der Waals surface area contributed by atoms with E-state index in [2.05, 4.69) is 187 Å². The molecule has 0 radical (unpaired) electrons. The number of fused-ring (bicyclic) bond motifs is 9. The van der Waals surface area contributed by atoms with Gasteiger partial charge < -0.3 is 13.9 Å². The van der Waals surface area contributed by atoms with Gasteiger partial charge in [-0.1, -0.05) is 159 Å². The first-order valence-corrected chi connectivity index (χ1v) is 20.6. The van der Waals surface area contributed by atoms with Crippen LogP contribution in [0.15, 0.2) is 205 Å². The number of anilines is 3. The molecular weight excluding hydrogens is 731 g/mol. The number of hydrogen-bond donors (Lipinski definition) is 0. The molecule has 0 aliphatic heterocycles. The third-order valence-corrected chi connectivity index (χ3v) is 12.6. The Labute approximate surface area is 348 Å². The van der Waals surface area contributed by atoms with Gasteiger partial charge in [0.05, 0.1) is 28.1 Å². The van der Waals surface area contributed by atoms with Crippen molar-refractivity contribution in [1.29, 1.82) is 0 Å². The van der Waals surface area contributed by atoms with E-state index in [9.17, 15) is 0 Å². The number of para-hydroxylation sites is 4. The smallest absolute Gasteiger partial charge is 0.227 e. The van der Waals surface area contributed by atoms with Crippen molar-refractivity contribution in [3.63, 3.8) is 0 Å². The summed E-state index contributed by atoms with van der Waals surface area (Å²) in [5.74, 6) is 0.610. The Morgan fingerprint density at radius 3 is 1.93 bits per heavy atom. The number of oxazole rings is 1. The predicted molar refractivity (Wildman–Crippen MR) is 249 cm³/mol. The number of nitrogens with zero attached hydrogens (tertiary/aromatic N) is 3. The van der Waals surface area contributed by atoms with Crippen LogP contribution < -0.4 is 4.90 Å². The first-order valence-electron chi connectivity index (χ1n) is 20.6. The molecule has 11 aromatic rings. The van der Waals surface area contributed by atoms with Gasteiger partial charge in [-0.25, -0.2) is 4.98 Å². The third-order valence-electron chi connectivity index (χ3n) is 12.6. The summed E-state index contributed by atoms with van der Waals surface area (Å²) in [6.45, 7) is 4.75. The molecule has 0 saturated heterocycles. The lowest BCUT2D eigenvalue weighted by molar-refractivity contribution is 0.621. The fourth-order valence-electron chi connectivity index (χ4n) is 9.99. The van der Waals surface area contributed by atoms with Crippen LogP contribution >= 0.6 is 0 Å². The van der Waals surface area contributed by atoms with Gasteiger partial charge in [0, 0.05) is 49.3 Å². The summed E-state index contributed by atoms with van der Waals surface area (Å²) >= 11 is 0. The zero-order valence-electron chi connectivity index (χ0n) is 33.3. The molecule has 0 N–H and O–H groups in total. The number of aromatic nitrogens is 2. The van der Waals surface area contributed by atoms with E-state index in [1.54, 1.807) is 0 Å². The Hall–Kier alpha value is -7.69. The van der Waals surface area contributed by atoms with Gasteiger partial charge in [0.1, 0.15) is 5.52 Å². The quantitative estimate of drug-likeness (QED) is 0.169. The van der Waals surface area contributed by atoms with Crippen LogP contribution in [0.25, 0.3) is 83.1 Å². The lowest BCUT2D eigenvalue weighted by Crippen LogP contribution is -2.21. The number of benzene rings is 9. The monoisotopic (exact) mass is 769 g/mol. The zero-order chi connectivity index (χ0) is 40.0. The maximum atomic E-state index is 6.72. The minimum atomic E-state index is -0.269. The van der Waals surface area contributed by atoms with E-state index in [4.69, 9.17) is 9.40 Å². The summed E-state index contributed by atoms with van der Waals surface area (Å²) in [7, 11) is 0. The molecule has 9 aromatic carbocycles. The van der Waals surface area contributed by atoms with Gasteiger partial charge in [-0.05, 0) is 76.9 Å². The van der Waals surface area contributed by atoms with Gasteiger partial charge in [0.25, 0.3) is 0 Å². The highest BCUT2D eigenvalue weighted by Gasteiger charge is 2.39. The topological polar surface area (TPSA) is 34.2 Å². The van der Waals surface area contributed by atoms with Gasteiger partial charge in [-0.3, -0.25) is 0 Å². The molecule has 4 nitrogen and oxygen atoms in total. The van der Waals surface area contributed by atoms with E-state index >= 15 is 0 Å². The van der Waals surface area contributed by atoms with Crippen molar-refractivity contribution in [3.05, 3.63) is 211 Å². The minimum Gasteiger partial charge on any atom is -0.435 e. The van der Waals surface area contributed by atoms with Gasteiger partial charge in [-0.15, -0.1) is 0 Å². The number of hydrogen-bond acceptors (Lipinski definition) is 3. The Balaban J connectivity index is 1.20. The highest BCUT2D eigenvalue weighted by atomic mass is 16.3.